The lowest BCUT2D eigenvalue weighted by Crippen LogP contribution is -2.53. The van der Waals surface area contributed by atoms with Gasteiger partial charge in [-0.3, -0.25) is 4.79 Å². The predicted molar refractivity (Wildman–Crippen MR) is 137 cm³/mol. The zero-order valence-corrected chi connectivity index (χ0v) is 22.2. The summed E-state index contributed by atoms with van der Waals surface area (Å²) in [5.41, 5.74) is 7.70. The average Bonchev–Trinajstić information content (AvgIpc) is 3.27. The molecule has 2 fully saturated rings. The van der Waals surface area contributed by atoms with Gasteiger partial charge in [-0.1, -0.05) is 45.0 Å². The molecule has 2 aliphatic rings. The maximum absolute atomic E-state index is 12.8. The minimum Gasteiger partial charge on any atom is -0.384 e. The largest absolute Gasteiger partial charge is 0.384 e. The molecule has 10 nitrogen and oxygen atoms in total. The number of H-pyrrole nitrogens is 1. The molecule has 2 aliphatic heterocycles. The second-order valence-electron chi connectivity index (χ2n) is 9.02. The van der Waals surface area contributed by atoms with E-state index in [0.29, 0.717) is 43.6 Å². The first-order chi connectivity index (χ1) is 16.6. The van der Waals surface area contributed by atoms with Crippen molar-refractivity contribution in [2.24, 2.45) is 17.6 Å². The highest BCUT2D eigenvalue weighted by molar-refractivity contribution is 7.86. The average molecular weight is 526 g/mol. The zero-order valence-electron chi connectivity index (χ0n) is 20.6. The number of halogens is 1. The van der Waals surface area contributed by atoms with Crippen molar-refractivity contribution < 1.29 is 13.2 Å². The van der Waals surface area contributed by atoms with E-state index < -0.39 is 16.1 Å². The van der Waals surface area contributed by atoms with Crippen LogP contribution in [0, 0.1) is 11.8 Å². The van der Waals surface area contributed by atoms with Gasteiger partial charge in [0.2, 0.25) is 0 Å². The van der Waals surface area contributed by atoms with Crippen LogP contribution in [-0.2, 0) is 10.2 Å². The molecule has 0 unspecified atom stereocenters. The van der Waals surface area contributed by atoms with Gasteiger partial charge in [0.15, 0.2) is 5.82 Å². The summed E-state index contributed by atoms with van der Waals surface area (Å²) in [7, 11) is -3.45. The van der Waals surface area contributed by atoms with Crippen LogP contribution in [0.25, 0.3) is 0 Å². The van der Waals surface area contributed by atoms with Crippen molar-refractivity contribution in [2.75, 3.05) is 39.3 Å². The summed E-state index contributed by atoms with van der Waals surface area (Å²) >= 11 is 5.88. The quantitative estimate of drug-likeness (QED) is 0.447. The first-order valence-corrected chi connectivity index (χ1v) is 13.7. The summed E-state index contributed by atoms with van der Waals surface area (Å²) in [6, 6.07) is 0. The molecule has 1 amide bonds. The molecule has 3 heterocycles. The van der Waals surface area contributed by atoms with Crippen LogP contribution in [0.1, 0.15) is 44.2 Å². The van der Waals surface area contributed by atoms with Crippen molar-refractivity contribution in [1.82, 2.24) is 28.8 Å². The molecule has 0 bridgehead atoms. The number of carbonyl (C=O) groups is 1. The summed E-state index contributed by atoms with van der Waals surface area (Å²) in [6.07, 6.45) is 6.93. The van der Waals surface area contributed by atoms with Crippen LogP contribution in [0.3, 0.4) is 0 Å². The second-order valence-corrected chi connectivity index (χ2v) is 11.4. The highest BCUT2D eigenvalue weighted by atomic mass is 35.5. The lowest BCUT2D eigenvalue weighted by molar-refractivity contribution is 0.0955. The van der Waals surface area contributed by atoms with E-state index in [2.05, 4.69) is 33.7 Å². The van der Waals surface area contributed by atoms with E-state index in [1.807, 2.05) is 13.8 Å². The van der Waals surface area contributed by atoms with Crippen molar-refractivity contribution in [2.45, 2.75) is 33.6 Å². The number of allylic oxidation sites excluding steroid dienone is 2. The van der Waals surface area contributed by atoms with E-state index in [0.717, 1.165) is 31.5 Å². The number of imidazole rings is 1. The Morgan fingerprint density at radius 2 is 1.86 bits per heavy atom. The van der Waals surface area contributed by atoms with E-state index in [1.54, 1.807) is 12.2 Å². The van der Waals surface area contributed by atoms with Crippen LogP contribution in [0.2, 0.25) is 5.15 Å². The van der Waals surface area contributed by atoms with Crippen molar-refractivity contribution in [1.29, 1.82) is 0 Å². The molecule has 1 aromatic heterocycles. The molecular formula is C23H36ClN7O3S. The molecule has 0 atom stereocenters. The molecule has 4 N–H and O–H groups in total. The molecule has 12 heteroatoms. The van der Waals surface area contributed by atoms with Crippen LogP contribution < -0.4 is 11.1 Å². The molecule has 0 radical (unpaired) electrons. The van der Waals surface area contributed by atoms with Crippen LogP contribution in [0.4, 0.5) is 0 Å². The summed E-state index contributed by atoms with van der Waals surface area (Å²) < 4.78 is 28.3. The standard InChI is InChI=1S/C23H36ClN7O3S/c1-5-30-14-18(15-31(6-2)35(30,33)34)17(4)7-8-19(21(25)29-11-9-16(3)10-12-29)27-23(32)22-26-13-20(24)28-22/h7-8,13,16,18H,4-6,9-12,14-15,25H2,1-3H3,(H,26,28)(H,27,32)/b8-7-,21-19-. The smallest absolute Gasteiger partial charge is 0.291 e. The number of nitrogens with one attached hydrogen (secondary N) is 2. The van der Waals surface area contributed by atoms with Crippen LogP contribution in [0.15, 0.2) is 42.0 Å². The fourth-order valence-corrected chi connectivity index (χ4v) is 6.11. The third-order valence-electron chi connectivity index (χ3n) is 6.60. The number of rotatable bonds is 8. The topological polar surface area (TPSA) is 128 Å². The maximum atomic E-state index is 12.8. The minimum atomic E-state index is -3.45. The number of piperidine rings is 1. The number of hydrogen-bond donors (Lipinski definition) is 3. The summed E-state index contributed by atoms with van der Waals surface area (Å²) in [4.78, 5) is 21.5. The van der Waals surface area contributed by atoms with Gasteiger partial charge in [-0.25, -0.2) is 4.98 Å². The Bertz CT molecular complexity index is 1070. The number of carbonyl (C=O) groups excluding carboxylic acids is 1. The third-order valence-corrected chi connectivity index (χ3v) is 8.91. The highest BCUT2D eigenvalue weighted by Gasteiger charge is 2.37. The van der Waals surface area contributed by atoms with Crippen LogP contribution in [0.5, 0.6) is 0 Å². The molecule has 2 saturated heterocycles. The Labute approximate surface area is 213 Å². The Morgan fingerprint density at radius 1 is 1.26 bits per heavy atom. The first kappa shape index (κ1) is 27.3. The molecule has 3 rings (SSSR count). The second kappa shape index (κ2) is 11.6. The van der Waals surface area contributed by atoms with E-state index in [-0.39, 0.29) is 16.9 Å². The van der Waals surface area contributed by atoms with E-state index >= 15 is 0 Å². The van der Waals surface area contributed by atoms with Gasteiger partial charge >= 0.3 is 0 Å². The minimum absolute atomic E-state index is 0.0782. The first-order valence-electron chi connectivity index (χ1n) is 11.9. The van der Waals surface area contributed by atoms with E-state index in [4.69, 9.17) is 17.3 Å². The van der Waals surface area contributed by atoms with Crippen LogP contribution in [-0.4, -0.2) is 77.1 Å². The van der Waals surface area contributed by atoms with Gasteiger partial charge in [0.1, 0.15) is 11.0 Å². The van der Waals surface area contributed by atoms with Gasteiger partial charge < -0.3 is 20.9 Å². The van der Waals surface area contributed by atoms with Crippen molar-refractivity contribution >= 4 is 27.7 Å². The molecule has 0 saturated carbocycles. The molecule has 1 aromatic rings. The van der Waals surface area contributed by atoms with Gasteiger partial charge in [-0.15, -0.1) is 0 Å². The van der Waals surface area contributed by atoms with Crippen LogP contribution >= 0.6 is 11.6 Å². The third kappa shape index (κ3) is 6.46. The Balaban J connectivity index is 1.83. The van der Waals surface area contributed by atoms with Gasteiger partial charge in [-0.2, -0.15) is 17.0 Å². The fourth-order valence-electron chi connectivity index (χ4n) is 4.25. The zero-order chi connectivity index (χ0) is 25.8. The summed E-state index contributed by atoms with van der Waals surface area (Å²) in [6.45, 7) is 13.1. The summed E-state index contributed by atoms with van der Waals surface area (Å²) in [5, 5.41) is 3.10. The number of aromatic amines is 1. The monoisotopic (exact) mass is 525 g/mol. The van der Waals surface area contributed by atoms with Crippen molar-refractivity contribution in [3.63, 3.8) is 0 Å². The molecule has 0 spiro atoms. The fraction of sp³-hybridized carbons (Fsp3) is 0.565. The number of nitrogens with two attached hydrogens (primary N) is 1. The molecule has 35 heavy (non-hydrogen) atoms. The van der Waals surface area contributed by atoms with E-state index in [9.17, 15) is 13.2 Å². The SMILES string of the molecule is C=C(/C=C\C(NC(=O)c1ncc(Cl)[nH]1)=C(/N)N1CCC(C)CC1)C1CN(CC)S(=O)(=O)N(CC)C1. The van der Waals surface area contributed by atoms with Crippen molar-refractivity contribution in [3.05, 3.63) is 53.0 Å². The molecule has 0 aliphatic carbocycles. The van der Waals surface area contributed by atoms with Gasteiger partial charge in [-0.05, 0) is 30.4 Å². The Hall–Kier alpha value is -2.34. The predicted octanol–water partition coefficient (Wildman–Crippen LogP) is 2.28. The Morgan fingerprint density at radius 3 is 2.37 bits per heavy atom. The number of likely N-dealkylation sites (tertiary alicyclic amines) is 1. The van der Waals surface area contributed by atoms with Gasteiger partial charge in [0.25, 0.3) is 16.1 Å². The normalized spacial score (nSPS) is 21.3. The van der Waals surface area contributed by atoms with Crippen molar-refractivity contribution in [3.8, 4) is 0 Å². The number of nitrogens with zero attached hydrogens (tertiary/aromatic N) is 4. The molecule has 194 valence electrons. The molecule has 0 aromatic carbocycles. The number of amides is 1. The lowest BCUT2D eigenvalue weighted by Gasteiger charge is -2.38. The highest BCUT2D eigenvalue weighted by Crippen LogP contribution is 2.25. The maximum Gasteiger partial charge on any atom is 0.291 e. The Kier molecular flexibility index (Phi) is 9.03. The summed E-state index contributed by atoms with van der Waals surface area (Å²) in [5.74, 6) is 0.613. The van der Waals surface area contributed by atoms with Gasteiger partial charge in [0, 0.05) is 45.2 Å². The van der Waals surface area contributed by atoms with Gasteiger partial charge in [0.05, 0.1) is 11.9 Å². The van der Waals surface area contributed by atoms with E-state index in [1.165, 1.54) is 14.8 Å². The lowest BCUT2D eigenvalue weighted by atomic mass is 9.98. The molecular weight excluding hydrogens is 490 g/mol. The number of hydrogen-bond acceptors (Lipinski definition) is 6. The number of aromatic nitrogens is 2.